The fourth-order valence-corrected chi connectivity index (χ4v) is 0.0577. The van der Waals surface area contributed by atoms with E-state index in [2.05, 4.69) is 0 Å². The molecular formula is C5H14ClNaO4. The minimum absolute atomic E-state index is 0. The van der Waals surface area contributed by atoms with E-state index < -0.39 is 6.10 Å². The molecule has 0 saturated heterocycles. The van der Waals surface area contributed by atoms with Crippen molar-refractivity contribution < 1.29 is 62.4 Å². The molecule has 4 N–H and O–H groups in total. The van der Waals surface area contributed by atoms with E-state index in [9.17, 15) is 0 Å². The summed E-state index contributed by atoms with van der Waals surface area (Å²) in [5, 5.41) is 31.6. The molecule has 0 spiro atoms. The fourth-order valence-electron chi connectivity index (χ4n) is 0.0577. The molecule has 0 aliphatic heterocycles. The standard InChI is InChI=1S/C3H8O3.C2H6O.ClH.Na/c4-1-3(6)2-5;1-2-3;;/h3-6H,1-2H2;3H,2H2,1H3;1H;/q;;;+1/p-1. The molecule has 0 aromatic rings. The number of halogens is 1. The maximum atomic E-state index is 8.17. The maximum Gasteiger partial charge on any atom is 1.00 e. The third-order valence-corrected chi connectivity index (χ3v) is 0.421. The van der Waals surface area contributed by atoms with Crippen LogP contribution in [-0.4, -0.2) is 46.4 Å². The Morgan fingerprint density at radius 2 is 1.27 bits per heavy atom. The molecule has 0 aromatic heterocycles. The minimum atomic E-state index is -0.954. The fraction of sp³-hybridized carbons (Fsp3) is 1.00. The summed E-state index contributed by atoms with van der Waals surface area (Å²) in [4.78, 5) is 0. The molecule has 0 amide bonds. The molecule has 0 rings (SSSR count). The molecule has 0 aromatic carbocycles. The first-order valence-corrected chi connectivity index (χ1v) is 2.73. The van der Waals surface area contributed by atoms with E-state index in [1.807, 2.05) is 0 Å². The normalized spacial score (nSPS) is 7.09. The van der Waals surface area contributed by atoms with Crippen LogP contribution in [0.5, 0.6) is 0 Å². The van der Waals surface area contributed by atoms with Gasteiger partial charge in [0.2, 0.25) is 0 Å². The summed E-state index contributed by atoms with van der Waals surface area (Å²) in [6.07, 6.45) is -0.954. The number of aliphatic hydroxyl groups is 4. The quantitative estimate of drug-likeness (QED) is 0.331. The smallest absolute Gasteiger partial charge is 1.00 e. The SMILES string of the molecule is CCO.OCC(O)CO.[Cl-].[Na+]. The summed E-state index contributed by atoms with van der Waals surface area (Å²) in [6.45, 7) is 1.20. The van der Waals surface area contributed by atoms with Crippen LogP contribution in [0.3, 0.4) is 0 Å². The molecule has 11 heavy (non-hydrogen) atoms. The largest absolute Gasteiger partial charge is 1.00 e. The van der Waals surface area contributed by atoms with Crippen LogP contribution in [0, 0.1) is 0 Å². The van der Waals surface area contributed by atoms with Crippen LogP contribution in [0.4, 0.5) is 0 Å². The van der Waals surface area contributed by atoms with Crippen molar-refractivity contribution >= 4 is 0 Å². The summed E-state index contributed by atoms with van der Waals surface area (Å²) in [6, 6.07) is 0. The second-order valence-electron chi connectivity index (χ2n) is 1.34. The number of rotatable bonds is 2. The van der Waals surface area contributed by atoms with E-state index in [-0.39, 0.29) is 61.8 Å². The van der Waals surface area contributed by atoms with Gasteiger partial charge in [0.1, 0.15) is 6.10 Å². The van der Waals surface area contributed by atoms with Gasteiger partial charge >= 0.3 is 29.6 Å². The zero-order valence-corrected chi connectivity index (χ0v) is 9.62. The Labute approximate surface area is 94.9 Å². The average Bonchev–Trinajstić information content (AvgIpc) is 1.88. The van der Waals surface area contributed by atoms with Crippen LogP contribution in [0.2, 0.25) is 0 Å². The topological polar surface area (TPSA) is 80.9 Å². The molecule has 0 radical (unpaired) electrons. The van der Waals surface area contributed by atoms with Crippen LogP contribution in [-0.2, 0) is 0 Å². The number of hydrogen-bond acceptors (Lipinski definition) is 4. The van der Waals surface area contributed by atoms with E-state index in [0.717, 1.165) is 0 Å². The Morgan fingerprint density at radius 3 is 1.27 bits per heavy atom. The molecule has 0 fully saturated rings. The molecular weight excluding hydrogens is 182 g/mol. The second-order valence-corrected chi connectivity index (χ2v) is 1.34. The predicted molar refractivity (Wildman–Crippen MR) is 32.9 cm³/mol. The monoisotopic (exact) mass is 196 g/mol. The molecule has 66 valence electrons. The summed E-state index contributed by atoms with van der Waals surface area (Å²) >= 11 is 0. The van der Waals surface area contributed by atoms with Crippen molar-refractivity contribution in [2.75, 3.05) is 19.8 Å². The van der Waals surface area contributed by atoms with Crippen molar-refractivity contribution in [2.24, 2.45) is 0 Å². The Hall–Kier alpha value is 1.13. The average molecular weight is 197 g/mol. The van der Waals surface area contributed by atoms with Gasteiger partial charge in [-0.25, -0.2) is 0 Å². The van der Waals surface area contributed by atoms with Gasteiger partial charge < -0.3 is 32.8 Å². The molecule has 0 aliphatic carbocycles. The number of hydrogen-bond donors (Lipinski definition) is 4. The van der Waals surface area contributed by atoms with Crippen molar-refractivity contribution in [3.05, 3.63) is 0 Å². The van der Waals surface area contributed by atoms with Crippen LogP contribution >= 0.6 is 0 Å². The first kappa shape index (κ1) is 22.7. The van der Waals surface area contributed by atoms with Crippen molar-refractivity contribution in [3.8, 4) is 0 Å². The van der Waals surface area contributed by atoms with Crippen molar-refractivity contribution in [3.63, 3.8) is 0 Å². The molecule has 6 heteroatoms. The Balaban J connectivity index is -0.0000000437. The van der Waals surface area contributed by atoms with Gasteiger partial charge in [-0.1, -0.05) is 0 Å². The molecule has 0 saturated carbocycles. The zero-order valence-electron chi connectivity index (χ0n) is 6.87. The van der Waals surface area contributed by atoms with Gasteiger partial charge in [-0.2, -0.15) is 0 Å². The summed E-state index contributed by atoms with van der Waals surface area (Å²) in [5.74, 6) is 0. The van der Waals surface area contributed by atoms with Crippen LogP contribution in [0.1, 0.15) is 6.92 Å². The van der Waals surface area contributed by atoms with Gasteiger partial charge in [0.05, 0.1) is 13.2 Å². The Bertz CT molecular complexity index is 45.5. The van der Waals surface area contributed by atoms with Crippen LogP contribution < -0.4 is 42.0 Å². The van der Waals surface area contributed by atoms with Crippen LogP contribution in [0.15, 0.2) is 0 Å². The summed E-state index contributed by atoms with van der Waals surface area (Å²) < 4.78 is 0. The first-order chi connectivity index (χ1) is 4.22. The minimum Gasteiger partial charge on any atom is -1.00 e. The molecule has 0 heterocycles. The Morgan fingerprint density at radius 1 is 1.09 bits per heavy atom. The van der Waals surface area contributed by atoms with E-state index in [4.69, 9.17) is 20.4 Å². The van der Waals surface area contributed by atoms with Crippen LogP contribution in [0.25, 0.3) is 0 Å². The van der Waals surface area contributed by atoms with Crippen molar-refractivity contribution in [2.45, 2.75) is 13.0 Å². The van der Waals surface area contributed by atoms with Gasteiger partial charge in [-0.05, 0) is 6.92 Å². The maximum absolute atomic E-state index is 8.17. The molecule has 0 bridgehead atoms. The summed E-state index contributed by atoms with van der Waals surface area (Å²) in [5.41, 5.74) is 0. The van der Waals surface area contributed by atoms with Gasteiger partial charge in [0.15, 0.2) is 0 Å². The van der Waals surface area contributed by atoms with E-state index in [0.29, 0.717) is 0 Å². The third kappa shape index (κ3) is 35.3. The predicted octanol–water partition coefficient (Wildman–Crippen LogP) is -7.66. The van der Waals surface area contributed by atoms with Gasteiger partial charge in [-0.15, -0.1) is 0 Å². The van der Waals surface area contributed by atoms with Crippen molar-refractivity contribution in [1.29, 1.82) is 0 Å². The van der Waals surface area contributed by atoms with E-state index in [1.54, 1.807) is 6.92 Å². The molecule has 4 nitrogen and oxygen atoms in total. The van der Waals surface area contributed by atoms with Crippen molar-refractivity contribution in [1.82, 2.24) is 0 Å². The second kappa shape index (κ2) is 22.5. The van der Waals surface area contributed by atoms with Gasteiger partial charge in [0, 0.05) is 6.61 Å². The third-order valence-electron chi connectivity index (χ3n) is 0.421. The van der Waals surface area contributed by atoms with E-state index in [1.165, 1.54) is 0 Å². The Kier molecular flexibility index (Phi) is 46.4. The molecule has 0 atom stereocenters. The molecule has 0 aliphatic rings. The summed E-state index contributed by atoms with van der Waals surface area (Å²) in [7, 11) is 0. The number of aliphatic hydroxyl groups excluding tert-OH is 4. The van der Waals surface area contributed by atoms with E-state index >= 15 is 0 Å². The van der Waals surface area contributed by atoms with Gasteiger partial charge in [0.25, 0.3) is 0 Å². The zero-order chi connectivity index (χ0) is 7.70. The molecule has 0 unspecified atom stereocenters. The first-order valence-electron chi connectivity index (χ1n) is 2.73. The van der Waals surface area contributed by atoms with Gasteiger partial charge in [-0.3, -0.25) is 0 Å².